The number of hydrogen-bond donors (Lipinski definition) is 2. The molecule has 1 saturated heterocycles. The molecular weight excluding hydrogens is 276 g/mol. The highest BCUT2D eigenvalue weighted by molar-refractivity contribution is 6.30. The normalized spacial score (nSPS) is 20.2. The van der Waals surface area contributed by atoms with Gasteiger partial charge in [-0.15, -0.1) is 0 Å². The van der Waals surface area contributed by atoms with Gasteiger partial charge < -0.3 is 15.4 Å². The van der Waals surface area contributed by atoms with Crippen molar-refractivity contribution < 1.29 is 9.53 Å². The Balaban J connectivity index is 1.76. The molecule has 0 bridgehead atoms. The third-order valence-corrected chi connectivity index (χ3v) is 3.65. The largest absolute Gasteiger partial charge is 0.481 e. The third-order valence-electron chi connectivity index (χ3n) is 3.41. The first-order valence-corrected chi connectivity index (χ1v) is 7.46. The van der Waals surface area contributed by atoms with Crippen LogP contribution in [0.25, 0.3) is 0 Å². The van der Waals surface area contributed by atoms with E-state index in [2.05, 4.69) is 10.6 Å². The molecule has 1 aliphatic rings. The topological polar surface area (TPSA) is 50.4 Å². The maximum atomic E-state index is 12.0. The summed E-state index contributed by atoms with van der Waals surface area (Å²) in [5.41, 5.74) is 0. The summed E-state index contributed by atoms with van der Waals surface area (Å²) in [7, 11) is 0. The summed E-state index contributed by atoms with van der Waals surface area (Å²) in [5.74, 6) is 0.508. The Bertz CT molecular complexity index is 447. The zero-order chi connectivity index (χ0) is 14.4. The van der Waals surface area contributed by atoms with Crippen LogP contribution >= 0.6 is 11.6 Å². The molecule has 1 aliphatic heterocycles. The average Bonchev–Trinajstić information content (AvgIpc) is 2.46. The number of halogens is 1. The lowest BCUT2D eigenvalue weighted by Gasteiger charge is -2.24. The van der Waals surface area contributed by atoms with Crippen LogP contribution in [-0.4, -0.2) is 31.1 Å². The molecule has 2 N–H and O–H groups in total. The molecule has 0 aliphatic carbocycles. The molecule has 1 aromatic carbocycles. The van der Waals surface area contributed by atoms with Gasteiger partial charge in [-0.05, 0) is 44.5 Å². The van der Waals surface area contributed by atoms with Crippen molar-refractivity contribution >= 4 is 17.5 Å². The van der Waals surface area contributed by atoms with Crippen molar-refractivity contribution in [2.24, 2.45) is 0 Å². The molecule has 0 aromatic heterocycles. The molecule has 20 heavy (non-hydrogen) atoms. The van der Waals surface area contributed by atoms with Gasteiger partial charge >= 0.3 is 0 Å². The van der Waals surface area contributed by atoms with Gasteiger partial charge in [0.15, 0.2) is 6.10 Å². The number of benzene rings is 1. The first-order valence-electron chi connectivity index (χ1n) is 7.08. The Morgan fingerprint density at radius 2 is 2.40 bits per heavy atom. The Morgan fingerprint density at radius 1 is 1.55 bits per heavy atom. The number of carbonyl (C=O) groups is 1. The molecule has 1 heterocycles. The van der Waals surface area contributed by atoms with E-state index in [-0.39, 0.29) is 5.91 Å². The number of carbonyl (C=O) groups excluding carboxylic acids is 1. The molecule has 2 atom stereocenters. The molecule has 4 nitrogen and oxygen atoms in total. The van der Waals surface area contributed by atoms with Crippen LogP contribution in [0.3, 0.4) is 0 Å². The van der Waals surface area contributed by atoms with E-state index in [0.29, 0.717) is 23.4 Å². The maximum absolute atomic E-state index is 12.0. The van der Waals surface area contributed by atoms with Crippen molar-refractivity contribution in [1.29, 1.82) is 0 Å². The Morgan fingerprint density at radius 3 is 3.10 bits per heavy atom. The van der Waals surface area contributed by atoms with E-state index in [1.54, 1.807) is 31.2 Å². The van der Waals surface area contributed by atoms with Crippen molar-refractivity contribution in [3.05, 3.63) is 29.3 Å². The number of hydrogen-bond acceptors (Lipinski definition) is 3. The minimum atomic E-state index is -0.531. The summed E-state index contributed by atoms with van der Waals surface area (Å²) < 4.78 is 5.58. The fraction of sp³-hybridized carbons (Fsp3) is 0.533. The summed E-state index contributed by atoms with van der Waals surface area (Å²) in [4.78, 5) is 12.0. The van der Waals surface area contributed by atoms with Crippen molar-refractivity contribution in [3.63, 3.8) is 0 Å². The summed E-state index contributed by atoms with van der Waals surface area (Å²) in [6, 6.07) is 7.44. The monoisotopic (exact) mass is 296 g/mol. The van der Waals surface area contributed by atoms with E-state index < -0.39 is 6.10 Å². The second-order valence-corrected chi connectivity index (χ2v) is 5.55. The molecule has 1 amide bonds. The summed E-state index contributed by atoms with van der Waals surface area (Å²) in [6.45, 7) is 3.43. The number of amides is 1. The van der Waals surface area contributed by atoms with Crippen LogP contribution in [-0.2, 0) is 4.79 Å². The van der Waals surface area contributed by atoms with E-state index in [1.165, 1.54) is 12.8 Å². The predicted molar refractivity (Wildman–Crippen MR) is 80.2 cm³/mol. The highest BCUT2D eigenvalue weighted by Crippen LogP contribution is 2.18. The van der Waals surface area contributed by atoms with Crippen LogP contribution in [0.15, 0.2) is 24.3 Å². The van der Waals surface area contributed by atoms with Gasteiger partial charge in [0.2, 0.25) is 0 Å². The van der Waals surface area contributed by atoms with Crippen molar-refractivity contribution in [3.8, 4) is 5.75 Å². The van der Waals surface area contributed by atoms with Crippen LogP contribution in [0.2, 0.25) is 5.02 Å². The van der Waals surface area contributed by atoms with Crippen LogP contribution < -0.4 is 15.4 Å². The summed E-state index contributed by atoms with van der Waals surface area (Å²) >= 11 is 5.88. The van der Waals surface area contributed by atoms with Gasteiger partial charge in [-0.3, -0.25) is 4.79 Å². The molecule has 1 fully saturated rings. The summed E-state index contributed by atoms with van der Waals surface area (Å²) in [6.07, 6.45) is 3.03. The molecule has 110 valence electrons. The fourth-order valence-electron chi connectivity index (χ4n) is 2.26. The Labute approximate surface area is 124 Å². The minimum absolute atomic E-state index is 0.0997. The van der Waals surface area contributed by atoms with E-state index in [1.807, 2.05) is 0 Å². The van der Waals surface area contributed by atoms with Crippen molar-refractivity contribution in [2.75, 3.05) is 13.1 Å². The second kappa shape index (κ2) is 7.50. The minimum Gasteiger partial charge on any atom is -0.481 e. The second-order valence-electron chi connectivity index (χ2n) is 5.11. The molecule has 2 rings (SSSR count). The fourth-order valence-corrected chi connectivity index (χ4v) is 2.44. The zero-order valence-corrected chi connectivity index (χ0v) is 12.5. The number of rotatable bonds is 5. The van der Waals surface area contributed by atoms with Gasteiger partial charge in [0, 0.05) is 17.6 Å². The quantitative estimate of drug-likeness (QED) is 0.877. The predicted octanol–water partition coefficient (Wildman–Crippen LogP) is 2.37. The van der Waals surface area contributed by atoms with Crippen LogP contribution in [0, 0.1) is 0 Å². The first-order chi connectivity index (χ1) is 9.65. The van der Waals surface area contributed by atoms with Gasteiger partial charge in [0.1, 0.15) is 5.75 Å². The summed E-state index contributed by atoms with van der Waals surface area (Å²) in [5, 5.41) is 6.92. The molecule has 0 saturated carbocycles. The van der Waals surface area contributed by atoms with Crippen molar-refractivity contribution in [1.82, 2.24) is 10.6 Å². The molecule has 0 spiro atoms. The third kappa shape index (κ3) is 4.69. The highest BCUT2D eigenvalue weighted by atomic mass is 35.5. The van der Waals surface area contributed by atoms with Gasteiger partial charge in [0.25, 0.3) is 5.91 Å². The SMILES string of the molecule is CC(Oc1cccc(Cl)c1)C(=O)NCC1CCCCN1. The lowest BCUT2D eigenvalue weighted by Crippen LogP contribution is -2.46. The molecule has 1 aromatic rings. The van der Waals surface area contributed by atoms with Crippen LogP contribution in [0.1, 0.15) is 26.2 Å². The van der Waals surface area contributed by atoms with Crippen molar-refractivity contribution in [2.45, 2.75) is 38.3 Å². The highest BCUT2D eigenvalue weighted by Gasteiger charge is 2.17. The van der Waals surface area contributed by atoms with Gasteiger partial charge in [0.05, 0.1) is 0 Å². The first kappa shape index (κ1) is 15.1. The van der Waals surface area contributed by atoms with E-state index in [4.69, 9.17) is 16.3 Å². The van der Waals surface area contributed by atoms with E-state index in [9.17, 15) is 4.79 Å². The van der Waals surface area contributed by atoms with Crippen LogP contribution in [0.5, 0.6) is 5.75 Å². The lowest BCUT2D eigenvalue weighted by molar-refractivity contribution is -0.127. The molecule has 0 radical (unpaired) electrons. The number of piperidine rings is 1. The maximum Gasteiger partial charge on any atom is 0.260 e. The van der Waals surface area contributed by atoms with Gasteiger partial charge in [-0.2, -0.15) is 0 Å². The Hall–Kier alpha value is -1.26. The number of ether oxygens (including phenoxy) is 1. The van der Waals surface area contributed by atoms with E-state index >= 15 is 0 Å². The van der Waals surface area contributed by atoms with Gasteiger partial charge in [-0.25, -0.2) is 0 Å². The molecule has 5 heteroatoms. The van der Waals surface area contributed by atoms with Gasteiger partial charge in [-0.1, -0.05) is 24.1 Å². The molecule has 2 unspecified atom stereocenters. The zero-order valence-electron chi connectivity index (χ0n) is 11.7. The lowest BCUT2D eigenvalue weighted by atomic mass is 10.1. The smallest absolute Gasteiger partial charge is 0.260 e. The standard InChI is InChI=1S/C15H21ClN2O2/c1-11(20-14-7-4-5-12(16)9-14)15(19)18-10-13-6-2-3-8-17-13/h4-5,7,9,11,13,17H,2-3,6,8,10H2,1H3,(H,18,19). The number of nitrogens with one attached hydrogen (secondary N) is 2. The van der Waals surface area contributed by atoms with Crippen LogP contribution in [0.4, 0.5) is 0 Å². The van der Waals surface area contributed by atoms with E-state index in [0.717, 1.165) is 13.0 Å². The molecular formula is C15H21ClN2O2. The average molecular weight is 297 g/mol. The Kier molecular flexibility index (Phi) is 5.68.